The van der Waals surface area contributed by atoms with E-state index in [9.17, 15) is 9.90 Å². The van der Waals surface area contributed by atoms with Crippen molar-refractivity contribution < 1.29 is 14.6 Å². The molecule has 1 aromatic carbocycles. The predicted molar refractivity (Wildman–Crippen MR) is 123 cm³/mol. The van der Waals surface area contributed by atoms with E-state index in [2.05, 4.69) is 30.0 Å². The van der Waals surface area contributed by atoms with Crippen LogP contribution in [0, 0.1) is 0 Å². The summed E-state index contributed by atoms with van der Waals surface area (Å²) in [5.41, 5.74) is 8.54. The molecule has 33 heavy (non-hydrogen) atoms. The van der Waals surface area contributed by atoms with Crippen LogP contribution in [0.2, 0.25) is 0 Å². The van der Waals surface area contributed by atoms with Crippen LogP contribution in [-0.4, -0.2) is 63.0 Å². The molecule has 170 valence electrons. The van der Waals surface area contributed by atoms with Crippen molar-refractivity contribution in [3.05, 3.63) is 48.3 Å². The minimum Gasteiger partial charge on any atom is -0.507 e. The maximum absolute atomic E-state index is 11.9. The molecule has 2 aromatic heterocycles. The number of piperazine rings is 1. The highest BCUT2D eigenvalue weighted by atomic mass is 16.5. The maximum Gasteiger partial charge on any atom is 0.341 e. The van der Waals surface area contributed by atoms with Crippen LogP contribution in [0.4, 0.5) is 17.5 Å². The zero-order valence-corrected chi connectivity index (χ0v) is 18.3. The molecule has 0 spiro atoms. The quantitative estimate of drug-likeness (QED) is 0.562. The van der Waals surface area contributed by atoms with Crippen LogP contribution in [0.5, 0.6) is 5.75 Å². The number of fused-ring (bicyclic) bond motifs is 2. The van der Waals surface area contributed by atoms with Crippen molar-refractivity contribution in [3.63, 3.8) is 0 Å². The van der Waals surface area contributed by atoms with Crippen molar-refractivity contribution in [1.82, 2.24) is 20.2 Å². The molecule has 0 aliphatic carbocycles. The number of para-hydroxylation sites is 1. The fourth-order valence-electron chi connectivity index (χ4n) is 4.67. The number of carbonyl (C=O) groups excluding carboxylic acids is 1. The monoisotopic (exact) mass is 447 g/mol. The molecule has 2 fully saturated rings. The van der Waals surface area contributed by atoms with Gasteiger partial charge in [0.05, 0.1) is 23.6 Å². The second-order valence-electron chi connectivity index (χ2n) is 8.21. The Bertz CT molecular complexity index is 1160. The number of rotatable bonds is 5. The van der Waals surface area contributed by atoms with E-state index in [4.69, 9.17) is 10.5 Å². The summed E-state index contributed by atoms with van der Waals surface area (Å²) in [6, 6.07) is 9.34. The Morgan fingerprint density at radius 2 is 1.85 bits per heavy atom. The van der Waals surface area contributed by atoms with E-state index in [0.717, 1.165) is 31.6 Å². The van der Waals surface area contributed by atoms with E-state index < -0.39 is 5.97 Å². The van der Waals surface area contributed by atoms with Crippen LogP contribution >= 0.6 is 0 Å². The molecule has 0 amide bonds. The maximum atomic E-state index is 11.9. The molecule has 0 saturated carbocycles. The minimum absolute atomic E-state index is 0.149. The highest BCUT2D eigenvalue weighted by molar-refractivity contribution is 5.88. The summed E-state index contributed by atoms with van der Waals surface area (Å²) in [5.74, 6) is 0.705. The Labute approximate surface area is 191 Å². The third-order valence-electron chi connectivity index (χ3n) is 6.18. The molecule has 10 heteroatoms. The van der Waals surface area contributed by atoms with Crippen LogP contribution in [0.15, 0.2) is 42.7 Å². The standard InChI is InChI=1S/C23H25N7O3/c1-2-33-22(32)14-10-25-23(26-11-14)30-15-7-8-16(30)13-29(12-15)19-9-18(27-28-21(19)24)17-5-3-4-6-20(17)31/h3-6,9-11,15-16,31H,2,7-8,12-13H2,1H3,(H2,24,28). The molecule has 4 heterocycles. The molecular formula is C23H25N7O3. The van der Waals surface area contributed by atoms with Gasteiger partial charge < -0.3 is 25.4 Å². The summed E-state index contributed by atoms with van der Waals surface area (Å²) in [6.07, 6.45) is 5.06. The molecule has 2 saturated heterocycles. The van der Waals surface area contributed by atoms with Crippen molar-refractivity contribution in [2.45, 2.75) is 31.8 Å². The number of hydrogen-bond donors (Lipinski definition) is 2. The van der Waals surface area contributed by atoms with Crippen LogP contribution in [-0.2, 0) is 4.74 Å². The molecule has 10 nitrogen and oxygen atoms in total. The van der Waals surface area contributed by atoms with Gasteiger partial charge in [-0.05, 0) is 38.0 Å². The Hall–Kier alpha value is -3.95. The van der Waals surface area contributed by atoms with Gasteiger partial charge in [0.25, 0.3) is 0 Å². The first kappa shape index (κ1) is 20.9. The number of carbonyl (C=O) groups is 1. The predicted octanol–water partition coefficient (Wildman–Crippen LogP) is 2.26. The van der Waals surface area contributed by atoms with Gasteiger partial charge in [0.1, 0.15) is 5.75 Å². The number of aromatic hydroxyl groups is 1. The summed E-state index contributed by atoms with van der Waals surface area (Å²) in [7, 11) is 0. The second-order valence-corrected chi connectivity index (χ2v) is 8.21. The molecule has 3 aromatic rings. The SMILES string of the molecule is CCOC(=O)c1cnc(N2C3CCC2CN(c2cc(-c4ccccc4O)nnc2N)C3)nc1. The molecule has 2 aliphatic heterocycles. The van der Waals surface area contributed by atoms with E-state index in [1.807, 2.05) is 12.1 Å². The van der Waals surface area contributed by atoms with Gasteiger partial charge >= 0.3 is 5.97 Å². The number of nitrogens with zero attached hydrogens (tertiary/aromatic N) is 6. The summed E-state index contributed by atoms with van der Waals surface area (Å²) >= 11 is 0. The average molecular weight is 447 g/mol. The minimum atomic E-state index is -0.419. The number of esters is 1. The summed E-state index contributed by atoms with van der Waals surface area (Å²) in [4.78, 5) is 25.2. The molecule has 3 N–H and O–H groups in total. The van der Waals surface area contributed by atoms with Crippen molar-refractivity contribution >= 4 is 23.4 Å². The van der Waals surface area contributed by atoms with Gasteiger partial charge in [0.2, 0.25) is 5.95 Å². The first-order valence-electron chi connectivity index (χ1n) is 11.0. The lowest BCUT2D eigenvalue weighted by Crippen LogP contribution is -2.54. The number of ether oxygens (including phenoxy) is 1. The number of phenolic OH excluding ortho intramolecular Hbond substituents is 1. The topological polar surface area (TPSA) is 131 Å². The smallest absolute Gasteiger partial charge is 0.341 e. The number of aromatic nitrogens is 4. The molecule has 2 bridgehead atoms. The van der Waals surface area contributed by atoms with Crippen molar-refractivity contribution in [3.8, 4) is 17.0 Å². The van der Waals surface area contributed by atoms with Gasteiger partial charge in [-0.3, -0.25) is 0 Å². The number of anilines is 3. The highest BCUT2D eigenvalue weighted by Crippen LogP contribution is 2.37. The lowest BCUT2D eigenvalue weighted by Gasteiger charge is -2.42. The number of nitrogen functional groups attached to an aromatic ring is 1. The van der Waals surface area contributed by atoms with Crippen LogP contribution < -0.4 is 15.5 Å². The van der Waals surface area contributed by atoms with Gasteiger partial charge in [-0.25, -0.2) is 14.8 Å². The molecule has 5 rings (SSSR count). The van der Waals surface area contributed by atoms with Crippen LogP contribution in [0.1, 0.15) is 30.1 Å². The summed E-state index contributed by atoms with van der Waals surface area (Å²) in [6.45, 7) is 3.54. The Kier molecular flexibility index (Phi) is 5.41. The molecule has 0 radical (unpaired) electrons. The third-order valence-corrected chi connectivity index (χ3v) is 6.18. The van der Waals surface area contributed by atoms with E-state index in [-0.39, 0.29) is 17.8 Å². The number of phenols is 1. The molecule has 2 aliphatic rings. The zero-order chi connectivity index (χ0) is 22.9. The summed E-state index contributed by atoms with van der Waals surface area (Å²) < 4.78 is 5.01. The summed E-state index contributed by atoms with van der Waals surface area (Å²) in [5, 5.41) is 18.6. The number of hydrogen-bond acceptors (Lipinski definition) is 10. The highest BCUT2D eigenvalue weighted by Gasteiger charge is 2.42. The van der Waals surface area contributed by atoms with Gasteiger partial charge in [0, 0.05) is 43.1 Å². The average Bonchev–Trinajstić information content (AvgIpc) is 3.09. The van der Waals surface area contributed by atoms with Crippen LogP contribution in [0.3, 0.4) is 0 Å². The van der Waals surface area contributed by atoms with E-state index >= 15 is 0 Å². The van der Waals surface area contributed by atoms with Crippen molar-refractivity contribution in [2.24, 2.45) is 0 Å². The fraction of sp³-hybridized carbons (Fsp3) is 0.348. The van der Waals surface area contributed by atoms with Gasteiger partial charge in [-0.2, -0.15) is 0 Å². The van der Waals surface area contributed by atoms with Gasteiger partial charge in [0.15, 0.2) is 5.82 Å². The zero-order valence-electron chi connectivity index (χ0n) is 18.3. The lowest BCUT2D eigenvalue weighted by atomic mass is 10.1. The first-order chi connectivity index (χ1) is 16.0. The normalized spacial score (nSPS) is 19.5. The molecule has 2 atom stereocenters. The Balaban J connectivity index is 1.37. The van der Waals surface area contributed by atoms with E-state index in [1.54, 1.807) is 25.1 Å². The van der Waals surface area contributed by atoms with E-state index in [0.29, 0.717) is 35.2 Å². The van der Waals surface area contributed by atoms with Crippen molar-refractivity contribution in [2.75, 3.05) is 35.2 Å². The Morgan fingerprint density at radius 3 is 2.52 bits per heavy atom. The largest absolute Gasteiger partial charge is 0.507 e. The lowest BCUT2D eigenvalue weighted by molar-refractivity contribution is 0.0525. The second kappa shape index (κ2) is 8.53. The molecular weight excluding hydrogens is 422 g/mol. The molecule has 2 unspecified atom stereocenters. The Morgan fingerprint density at radius 1 is 1.15 bits per heavy atom. The van der Waals surface area contributed by atoms with Gasteiger partial charge in [-0.1, -0.05) is 12.1 Å². The van der Waals surface area contributed by atoms with Gasteiger partial charge in [-0.15, -0.1) is 10.2 Å². The van der Waals surface area contributed by atoms with Crippen molar-refractivity contribution in [1.29, 1.82) is 0 Å². The van der Waals surface area contributed by atoms with Crippen LogP contribution in [0.25, 0.3) is 11.3 Å². The fourth-order valence-corrected chi connectivity index (χ4v) is 4.67. The first-order valence-corrected chi connectivity index (χ1v) is 11.0. The number of nitrogens with two attached hydrogens (primary N) is 1. The number of benzene rings is 1. The third kappa shape index (κ3) is 3.88. The van der Waals surface area contributed by atoms with E-state index in [1.165, 1.54) is 12.4 Å².